The smallest absolute Gasteiger partial charge is 0.410 e. The summed E-state index contributed by atoms with van der Waals surface area (Å²) >= 11 is 0. The Labute approximate surface area is 185 Å². The fourth-order valence-corrected chi connectivity index (χ4v) is 5.10. The Bertz CT molecular complexity index is 876. The molecule has 2 unspecified atom stereocenters. The van der Waals surface area contributed by atoms with Crippen LogP contribution >= 0.6 is 0 Å². The number of carbonyl (C=O) groups is 2. The van der Waals surface area contributed by atoms with Gasteiger partial charge in [0.25, 0.3) is 0 Å². The highest BCUT2D eigenvalue weighted by molar-refractivity contribution is 5.84. The predicted molar refractivity (Wildman–Crippen MR) is 122 cm³/mol. The number of hydrogen-bond donors (Lipinski definition) is 0. The number of nitrogens with zero attached hydrogens (tertiary/aromatic N) is 1. The van der Waals surface area contributed by atoms with Crippen molar-refractivity contribution in [3.8, 4) is 0 Å². The third kappa shape index (κ3) is 5.17. The van der Waals surface area contributed by atoms with Crippen LogP contribution in [0.2, 0.25) is 0 Å². The number of benzene rings is 2. The minimum atomic E-state index is -0.228. The molecule has 2 aliphatic rings. The summed E-state index contributed by atoms with van der Waals surface area (Å²) < 4.78 is 5.63. The molecule has 2 fully saturated rings. The zero-order chi connectivity index (χ0) is 21.8. The van der Waals surface area contributed by atoms with Crippen LogP contribution < -0.4 is 0 Å². The summed E-state index contributed by atoms with van der Waals surface area (Å²) in [6.45, 7) is 4.65. The van der Waals surface area contributed by atoms with Gasteiger partial charge in [0.1, 0.15) is 12.4 Å². The Hall–Kier alpha value is -2.62. The number of ketones is 1. The molecule has 2 heterocycles. The molecule has 2 aliphatic heterocycles. The normalized spacial score (nSPS) is 22.9. The van der Waals surface area contributed by atoms with Crippen LogP contribution in [0.15, 0.2) is 54.6 Å². The summed E-state index contributed by atoms with van der Waals surface area (Å²) in [4.78, 5) is 27.9. The van der Waals surface area contributed by atoms with Gasteiger partial charge in [-0.25, -0.2) is 4.79 Å². The molecule has 0 radical (unpaired) electrons. The van der Waals surface area contributed by atoms with E-state index in [2.05, 4.69) is 38.1 Å². The molecule has 2 aromatic carbocycles. The van der Waals surface area contributed by atoms with Crippen LogP contribution in [-0.2, 0) is 22.6 Å². The van der Waals surface area contributed by atoms with Crippen molar-refractivity contribution in [1.29, 1.82) is 0 Å². The quantitative estimate of drug-likeness (QED) is 0.586. The molecule has 2 aromatic rings. The Morgan fingerprint density at radius 2 is 1.58 bits per heavy atom. The first-order valence-electron chi connectivity index (χ1n) is 11.6. The van der Waals surface area contributed by atoms with Crippen molar-refractivity contribution >= 4 is 11.9 Å². The molecule has 2 bridgehead atoms. The first kappa shape index (κ1) is 21.6. The van der Waals surface area contributed by atoms with E-state index in [1.54, 1.807) is 0 Å². The number of carbonyl (C=O) groups excluding carboxylic acids is 2. The zero-order valence-corrected chi connectivity index (χ0v) is 18.6. The predicted octanol–water partition coefficient (Wildman–Crippen LogP) is 5.89. The number of hydrogen-bond acceptors (Lipinski definition) is 3. The van der Waals surface area contributed by atoms with Crippen molar-refractivity contribution in [3.63, 3.8) is 0 Å². The molecule has 31 heavy (non-hydrogen) atoms. The molecule has 0 aromatic heterocycles. The minimum Gasteiger partial charge on any atom is -0.445 e. The maximum atomic E-state index is 13.1. The van der Waals surface area contributed by atoms with Gasteiger partial charge in [0, 0.05) is 24.4 Å². The standard InChI is InChI=1S/C27H33NO3/c1-19(2)22-13-11-20(12-14-22)15-26(29)23-16-24-9-6-10-25(17-23)28(24)27(30)31-18-21-7-4-3-5-8-21/h3-5,7-8,11-14,19,23-25H,6,9-10,15-18H2,1-2H3. The molecule has 4 heteroatoms. The fraction of sp³-hybridized carbons (Fsp3) is 0.481. The van der Waals surface area contributed by atoms with Gasteiger partial charge in [0.2, 0.25) is 0 Å². The lowest BCUT2D eigenvalue weighted by Crippen LogP contribution is -2.55. The largest absolute Gasteiger partial charge is 0.445 e. The Balaban J connectivity index is 1.36. The van der Waals surface area contributed by atoms with Gasteiger partial charge in [0.15, 0.2) is 0 Å². The zero-order valence-electron chi connectivity index (χ0n) is 18.6. The van der Waals surface area contributed by atoms with E-state index >= 15 is 0 Å². The first-order chi connectivity index (χ1) is 15.0. The molecular formula is C27H33NO3. The van der Waals surface area contributed by atoms with Crippen LogP contribution in [0, 0.1) is 5.92 Å². The topological polar surface area (TPSA) is 46.6 Å². The van der Waals surface area contributed by atoms with E-state index in [-0.39, 0.29) is 24.1 Å². The monoisotopic (exact) mass is 419 g/mol. The van der Waals surface area contributed by atoms with Crippen LogP contribution in [0.25, 0.3) is 0 Å². The highest BCUT2D eigenvalue weighted by atomic mass is 16.6. The lowest BCUT2D eigenvalue weighted by molar-refractivity contribution is -0.126. The van der Waals surface area contributed by atoms with Gasteiger partial charge in [-0.2, -0.15) is 0 Å². The third-order valence-corrected chi connectivity index (χ3v) is 6.87. The number of Topliss-reactive ketones (excluding diaryl/α,β-unsaturated/α-hetero) is 1. The maximum Gasteiger partial charge on any atom is 0.410 e. The second-order valence-electron chi connectivity index (χ2n) is 9.39. The summed E-state index contributed by atoms with van der Waals surface area (Å²) in [5.41, 5.74) is 3.38. The lowest BCUT2D eigenvalue weighted by Gasteiger charge is -2.47. The summed E-state index contributed by atoms with van der Waals surface area (Å²) in [5, 5.41) is 0. The van der Waals surface area contributed by atoms with E-state index in [4.69, 9.17) is 4.74 Å². The van der Waals surface area contributed by atoms with Gasteiger partial charge < -0.3 is 9.64 Å². The highest BCUT2D eigenvalue weighted by Crippen LogP contribution is 2.38. The van der Waals surface area contributed by atoms with Gasteiger partial charge in [-0.3, -0.25) is 4.79 Å². The number of fused-ring (bicyclic) bond motifs is 2. The van der Waals surface area contributed by atoms with E-state index in [9.17, 15) is 9.59 Å². The molecule has 4 nitrogen and oxygen atoms in total. The number of amides is 1. The summed E-state index contributed by atoms with van der Waals surface area (Å²) in [5.74, 6) is 0.847. The fourth-order valence-electron chi connectivity index (χ4n) is 5.10. The Morgan fingerprint density at radius 1 is 0.935 bits per heavy atom. The number of ether oxygens (including phenoxy) is 1. The van der Waals surface area contributed by atoms with Crippen LogP contribution in [0.4, 0.5) is 4.79 Å². The van der Waals surface area contributed by atoms with Crippen LogP contribution in [-0.4, -0.2) is 28.9 Å². The molecule has 0 aliphatic carbocycles. The Morgan fingerprint density at radius 3 is 2.19 bits per heavy atom. The van der Waals surface area contributed by atoms with Gasteiger partial charge in [0.05, 0.1) is 0 Å². The molecule has 164 valence electrons. The second-order valence-corrected chi connectivity index (χ2v) is 9.39. The summed E-state index contributed by atoms with van der Waals surface area (Å²) in [6.07, 6.45) is 4.83. The van der Waals surface area contributed by atoms with Crippen molar-refractivity contribution in [2.24, 2.45) is 5.92 Å². The average Bonchev–Trinajstić information content (AvgIpc) is 2.77. The molecule has 2 saturated heterocycles. The molecular weight excluding hydrogens is 386 g/mol. The summed E-state index contributed by atoms with van der Waals surface area (Å²) in [6, 6.07) is 18.5. The Kier molecular flexibility index (Phi) is 6.74. The van der Waals surface area contributed by atoms with Crippen molar-refractivity contribution < 1.29 is 14.3 Å². The molecule has 0 spiro atoms. The summed E-state index contributed by atoms with van der Waals surface area (Å²) in [7, 11) is 0. The van der Waals surface area contributed by atoms with Crippen LogP contribution in [0.5, 0.6) is 0 Å². The third-order valence-electron chi connectivity index (χ3n) is 6.87. The van der Waals surface area contributed by atoms with E-state index in [1.165, 1.54) is 5.56 Å². The van der Waals surface area contributed by atoms with Gasteiger partial charge in [-0.05, 0) is 54.7 Å². The van der Waals surface area contributed by atoms with E-state index in [1.807, 2.05) is 35.2 Å². The van der Waals surface area contributed by atoms with Crippen molar-refractivity contribution in [2.45, 2.75) is 77.0 Å². The van der Waals surface area contributed by atoms with Crippen molar-refractivity contribution in [1.82, 2.24) is 4.90 Å². The van der Waals surface area contributed by atoms with E-state index in [0.29, 0.717) is 24.7 Å². The first-order valence-corrected chi connectivity index (χ1v) is 11.6. The average molecular weight is 420 g/mol. The second kappa shape index (κ2) is 9.67. The van der Waals surface area contributed by atoms with Gasteiger partial charge >= 0.3 is 6.09 Å². The molecule has 2 atom stereocenters. The number of piperidine rings is 2. The molecule has 0 N–H and O–H groups in total. The minimum absolute atomic E-state index is 0.0400. The number of rotatable bonds is 6. The molecule has 1 amide bonds. The van der Waals surface area contributed by atoms with Crippen molar-refractivity contribution in [2.75, 3.05) is 0 Å². The molecule has 0 saturated carbocycles. The molecule has 4 rings (SSSR count). The van der Waals surface area contributed by atoms with E-state index < -0.39 is 0 Å². The van der Waals surface area contributed by atoms with Crippen LogP contribution in [0.1, 0.15) is 68.6 Å². The van der Waals surface area contributed by atoms with Crippen molar-refractivity contribution in [3.05, 3.63) is 71.3 Å². The highest BCUT2D eigenvalue weighted by Gasteiger charge is 2.43. The maximum absolute atomic E-state index is 13.1. The van der Waals surface area contributed by atoms with Crippen LogP contribution in [0.3, 0.4) is 0 Å². The van der Waals surface area contributed by atoms with Gasteiger partial charge in [-0.1, -0.05) is 68.4 Å². The van der Waals surface area contributed by atoms with E-state index in [0.717, 1.165) is 43.2 Å². The SMILES string of the molecule is CC(C)c1ccc(CC(=O)C2CC3CCCC(C2)N3C(=O)OCc2ccccc2)cc1. The van der Waals surface area contributed by atoms with Gasteiger partial charge in [-0.15, -0.1) is 0 Å². The lowest BCUT2D eigenvalue weighted by atomic mass is 9.76.